The van der Waals surface area contributed by atoms with Gasteiger partial charge >= 0.3 is 0 Å². The molecule has 1 fully saturated rings. The van der Waals surface area contributed by atoms with Gasteiger partial charge in [-0.3, -0.25) is 14.4 Å². The molecule has 1 saturated carbocycles. The van der Waals surface area contributed by atoms with Crippen LogP contribution in [-0.2, 0) is 9.59 Å². The van der Waals surface area contributed by atoms with Gasteiger partial charge in [-0.05, 0) is 49.2 Å². The number of nitrogens with one attached hydrogen (secondary N) is 3. The van der Waals surface area contributed by atoms with E-state index in [0.717, 1.165) is 32.1 Å². The first-order chi connectivity index (χ1) is 14.5. The number of hydrogen-bond donors (Lipinski definition) is 3. The summed E-state index contributed by atoms with van der Waals surface area (Å²) in [4.78, 5) is 36.6. The van der Waals surface area contributed by atoms with Gasteiger partial charge in [0.1, 0.15) is 5.82 Å². The van der Waals surface area contributed by atoms with Gasteiger partial charge in [0.05, 0.1) is 5.69 Å². The maximum Gasteiger partial charge on any atom is 0.255 e. The standard InChI is InChI=1S/C23H26FN3O3/c1-2-21(28)25-17-10-6-9-16(13-17)23(30)26-18-11-12-19(24)20(14-18)27-22(29)15-7-4-3-5-8-15/h6,9-15H,2-5,7-8H2,1H3,(H,25,28)(H,26,30)(H,27,29). The van der Waals surface area contributed by atoms with E-state index in [2.05, 4.69) is 16.0 Å². The van der Waals surface area contributed by atoms with Crippen molar-refractivity contribution < 1.29 is 18.8 Å². The fourth-order valence-corrected chi connectivity index (χ4v) is 3.49. The smallest absolute Gasteiger partial charge is 0.255 e. The maximum atomic E-state index is 14.2. The van der Waals surface area contributed by atoms with Crippen molar-refractivity contribution in [3.63, 3.8) is 0 Å². The molecule has 0 bridgehead atoms. The van der Waals surface area contributed by atoms with Crippen LogP contribution < -0.4 is 16.0 Å². The molecule has 30 heavy (non-hydrogen) atoms. The second kappa shape index (κ2) is 10.0. The third-order valence-corrected chi connectivity index (χ3v) is 5.19. The van der Waals surface area contributed by atoms with Crippen molar-refractivity contribution in [1.29, 1.82) is 0 Å². The number of amides is 3. The van der Waals surface area contributed by atoms with Gasteiger partial charge in [0, 0.05) is 29.3 Å². The Labute approximate surface area is 175 Å². The van der Waals surface area contributed by atoms with E-state index >= 15 is 0 Å². The Hall–Kier alpha value is -3.22. The highest BCUT2D eigenvalue weighted by Gasteiger charge is 2.22. The minimum absolute atomic E-state index is 0.0485. The minimum Gasteiger partial charge on any atom is -0.326 e. The lowest BCUT2D eigenvalue weighted by molar-refractivity contribution is -0.120. The number of rotatable bonds is 6. The Morgan fingerprint density at radius 1 is 0.933 bits per heavy atom. The molecule has 2 aromatic rings. The molecule has 7 heteroatoms. The zero-order chi connectivity index (χ0) is 21.5. The second-order valence-electron chi connectivity index (χ2n) is 7.46. The average molecular weight is 411 g/mol. The molecule has 0 aromatic heterocycles. The molecular weight excluding hydrogens is 385 g/mol. The zero-order valence-electron chi connectivity index (χ0n) is 17.0. The van der Waals surface area contributed by atoms with Crippen molar-refractivity contribution in [3.05, 3.63) is 53.8 Å². The van der Waals surface area contributed by atoms with Crippen LogP contribution >= 0.6 is 0 Å². The van der Waals surface area contributed by atoms with Crippen molar-refractivity contribution in [1.82, 2.24) is 0 Å². The van der Waals surface area contributed by atoms with Gasteiger partial charge in [0.15, 0.2) is 0 Å². The molecule has 0 heterocycles. The quantitative estimate of drug-likeness (QED) is 0.629. The molecule has 0 unspecified atom stereocenters. The van der Waals surface area contributed by atoms with E-state index in [-0.39, 0.29) is 23.4 Å². The van der Waals surface area contributed by atoms with Crippen LogP contribution in [0.2, 0.25) is 0 Å². The van der Waals surface area contributed by atoms with E-state index in [0.29, 0.717) is 23.4 Å². The summed E-state index contributed by atoms with van der Waals surface area (Å²) in [5, 5.41) is 8.07. The first kappa shape index (κ1) is 21.5. The maximum absolute atomic E-state index is 14.2. The van der Waals surface area contributed by atoms with Crippen LogP contribution in [-0.4, -0.2) is 17.7 Å². The van der Waals surface area contributed by atoms with Crippen LogP contribution in [0.25, 0.3) is 0 Å². The van der Waals surface area contributed by atoms with Crippen LogP contribution in [0, 0.1) is 11.7 Å². The number of benzene rings is 2. The second-order valence-corrected chi connectivity index (χ2v) is 7.46. The predicted molar refractivity (Wildman–Crippen MR) is 115 cm³/mol. The van der Waals surface area contributed by atoms with Crippen LogP contribution in [0.4, 0.5) is 21.5 Å². The Kier molecular flexibility index (Phi) is 7.17. The van der Waals surface area contributed by atoms with E-state index in [9.17, 15) is 18.8 Å². The summed E-state index contributed by atoms with van der Waals surface area (Å²) in [5.74, 6) is -1.39. The zero-order valence-corrected chi connectivity index (χ0v) is 17.0. The van der Waals surface area contributed by atoms with Gasteiger partial charge in [-0.1, -0.05) is 32.3 Å². The summed E-state index contributed by atoms with van der Waals surface area (Å²) in [5.41, 5.74) is 1.28. The van der Waals surface area contributed by atoms with Crippen LogP contribution in [0.3, 0.4) is 0 Å². The number of hydrogen-bond acceptors (Lipinski definition) is 3. The third-order valence-electron chi connectivity index (χ3n) is 5.19. The van der Waals surface area contributed by atoms with E-state index in [1.807, 2.05) is 0 Å². The van der Waals surface area contributed by atoms with Gasteiger partial charge in [0.25, 0.3) is 5.91 Å². The molecule has 0 aliphatic heterocycles. The number of anilines is 3. The lowest BCUT2D eigenvalue weighted by Crippen LogP contribution is -2.25. The Balaban J connectivity index is 1.68. The highest BCUT2D eigenvalue weighted by atomic mass is 19.1. The average Bonchev–Trinajstić information content (AvgIpc) is 2.76. The monoisotopic (exact) mass is 411 g/mol. The highest BCUT2D eigenvalue weighted by Crippen LogP contribution is 2.27. The molecule has 0 radical (unpaired) electrons. The number of carbonyl (C=O) groups is 3. The normalized spacial score (nSPS) is 14.1. The SMILES string of the molecule is CCC(=O)Nc1cccc(C(=O)Nc2ccc(F)c(NC(=O)C3CCCCC3)c2)c1. The Bertz CT molecular complexity index is 939. The fraction of sp³-hybridized carbons (Fsp3) is 0.348. The van der Waals surface area contributed by atoms with Crippen LogP contribution in [0.15, 0.2) is 42.5 Å². The predicted octanol–water partition coefficient (Wildman–Crippen LogP) is 4.95. The molecule has 1 aliphatic rings. The molecule has 3 rings (SSSR count). The molecule has 6 nitrogen and oxygen atoms in total. The first-order valence-electron chi connectivity index (χ1n) is 10.3. The van der Waals surface area contributed by atoms with Gasteiger partial charge in [-0.2, -0.15) is 0 Å². The lowest BCUT2D eigenvalue weighted by atomic mass is 9.88. The fourth-order valence-electron chi connectivity index (χ4n) is 3.49. The van der Waals surface area contributed by atoms with Crippen molar-refractivity contribution in [2.24, 2.45) is 5.92 Å². The summed E-state index contributed by atoms with van der Waals surface area (Å²) < 4.78 is 14.2. The highest BCUT2D eigenvalue weighted by molar-refractivity contribution is 6.05. The van der Waals surface area contributed by atoms with Gasteiger partial charge in [-0.15, -0.1) is 0 Å². The third kappa shape index (κ3) is 5.65. The van der Waals surface area contributed by atoms with Crippen LogP contribution in [0.5, 0.6) is 0 Å². The largest absolute Gasteiger partial charge is 0.326 e. The summed E-state index contributed by atoms with van der Waals surface area (Å²) in [6.45, 7) is 1.74. The van der Waals surface area contributed by atoms with Gasteiger partial charge in [-0.25, -0.2) is 4.39 Å². The number of halogens is 1. The summed E-state index contributed by atoms with van der Waals surface area (Å²) >= 11 is 0. The molecule has 3 amide bonds. The summed E-state index contributed by atoms with van der Waals surface area (Å²) in [6, 6.07) is 10.6. The molecule has 0 saturated heterocycles. The molecular formula is C23H26FN3O3. The topological polar surface area (TPSA) is 87.3 Å². The molecule has 1 aliphatic carbocycles. The molecule has 0 atom stereocenters. The van der Waals surface area contributed by atoms with Crippen molar-refractivity contribution in [2.45, 2.75) is 45.4 Å². The lowest BCUT2D eigenvalue weighted by Gasteiger charge is -2.21. The molecule has 0 spiro atoms. The van der Waals surface area contributed by atoms with E-state index in [1.165, 1.54) is 18.2 Å². The van der Waals surface area contributed by atoms with Gasteiger partial charge < -0.3 is 16.0 Å². The molecule has 2 aromatic carbocycles. The van der Waals surface area contributed by atoms with Gasteiger partial charge in [0.2, 0.25) is 11.8 Å². The molecule has 3 N–H and O–H groups in total. The molecule has 158 valence electrons. The van der Waals surface area contributed by atoms with E-state index in [4.69, 9.17) is 0 Å². The van der Waals surface area contributed by atoms with Crippen molar-refractivity contribution in [3.8, 4) is 0 Å². The van der Waals surface area contributed by atoms with Crippen molar-refractivity contribution in [2.75, 3.05) is 16.0 Å². The van der Waals surface area contributed by atoms with E-state index in [1.54, 1.807) is 31.2 Å². The summed E-state index contributed by atoms with van der Waals surface area (Å²) in [7, 11) is 0. The van der Waals surface area contributed by atoms with E-state index < -0.39 is 11.7 Å². The Morgan fingerprint density at radius 3 is 2.40 bits per heavy atom. The Morgan fingerprint density at radius 2 is 1.67 bits per heavy atom. The number of carbonyl (C=O) groups excluding carboxylic acids is 3. The van der Waals surface area contributed by atoms with Crippen molar-refractivity contribution >= 4 is 34.8 Å². The van der Waals surface area contributed by atoms with Crippen LogP contribution in [0.1, 0.15) is 55.8 Å². The summed E-state index contributed by atoms with van der Waals surface area (Å²) in [6.07, 6.45) is 5.11. The minimum atomic E-state index is -0.554. The first-order valence-corrected chi connectivity index (χ1v) is 10.3.